The smallest absolute Gasteiger partial charge is 0.160 e. The van der Waals surface area contributed by atoms with E-state index in [-0.39, 0.29) is 0 Å². The van der Waals surface area contributed by atoms with Crippen LogP contribution in [0.5, 0.6) is 0 Å². The average Bonchev–Trinajstić information content (AvgIpc) is 3.86. The summed E-state index contributed by atoms with van der Waals surface area (Å²) in [5.74, 6) is 0.697. The monoisotopic (exact) mass is 748 g/mol. The van der Waals surface area contributed by atoms with Gasteiger partial charge in [0, 0.05) is 57.0 Å². The van der Waals surface area contributed by atoms with E-state index in [4.69, 9.17) is 9.97 Å². The van der Waals surface area contributed by atoms with Crippen LogP contribution >= 0.6 is 22.7 Å². The number of hydrogen-bond donors (Lipinski definition) is 0. The van der Waals surface area contributed by atoms with Crippen LogP contribution in [0.4, 0.5) is 0 Å². The molecule has 0 saturated carbocycles. The van der Waals surface area contributed by atoms with Gasteiger partial charge in [0.05, 0.1) is 11.4 Å². The number of fused-ring (bicyclic) bond motifs is 6. The van der Waals surface area contributed by atoms with Crippen LogP contribution in [0.2, 0.25) is 0 Å². The molecule has 0 bridgehead atoms. The highest BCUT2D eigenvalue weighted by molar-refractivity contribution is 7.26. The highest BCUT2D eigenvalue weighted by Gasteiger charge is 2.17. The molecule has 0 spiro atoms. The third-order valence-corrected chi connectivity index (χ3v) is 13.0. The molecular weight excluding hydrogens is 717 g/mol. The van der Waals surface area contributed by atoms with E-state index < -0.39 is 0 Å². The van der Waals surface area contributed by atoms with Crippen LogP contribution in [0.1, 0.15) is 0 Å². The Hall–Kier alpha value is -6.72. The number of thiophene rings is 2. The third-order valence-electron chi connectivity index (χ3n) is 10.7. The largest absolute Gasteiger partial charge is 0.228 e. The molecule has 2 nitrogen and oxygen atoms in total. The van der Waals surface area contributed by atoms with Crippen molar-refractivity contribution in [3.8, 4) is 67.3 Å². The zero-order chi connectivity index (χ0) is 37.0. The van der Waals surface area contributed by atoms with Gasteiger partial charge < -0.3 is 0 Å². The molecule has 56 heavy (non-hydrogen) atoms. The van der Waals surface area contributed by atoms with Crippen molar-refractivity contribution >= 4 is 63.0 Å². The lowest BCUT2D eigenvalue weighted by molar-refractivity contribution is 1.18. The molecule has 262 valence electrons. The summed E-state index contributed by atoms with van der Waals surface area (Å²) in [4.78, 5) is 10.7. The van der Waals surface area contributed by atoms with Gasteiger partial charge in [0.1, 0.15) is 0 Å². The second-order valence-corrected chi connectivity index (χ2v) is 16.3. The molecule has 8 aromatic carbocycles. The van der Waals surface area contributed by atoms with Crippen molar-refractivity contribution in [1.29, 1.82) is 0 Å². The molecule has 0 fully saturated rings. The Morgan fingerprint density at radius 3 is 1.39 bits per heavy atom. The van der Waals surface area contributed by atoms with Gasteiger partial charge in [0.15, 0.2) is 5.82 Å². The molecule has 0 aliphatic heterocycles. The second-order valence-electron chi connectivity index (χ2n) is 14.1. The van der Waals surface area contributed by atoms with Gasteiger partial charge in [-0.05, 0) is 88.0 Å². The maximum absolute atomic E-state index is 5.40. The van der Waals surface area contributed by atoms with Crippen molar-refractivity contribution in [2.75, 3.05) is 0 Å². The van der Waals surface area contributed by atoms with Gasteiger partial charge in [-0.3, -0.25) is 0 Å². The lowest BCUT2D eigenvalue weighted by Gasteiger charge is -2.14. The Kier molecular flexibility index (Phi) is 7.90. The first-order valence-electron chi connectivity index (χ1n) is 18.8. The summed E-state index contributed by atoms with van der Waals surface area (Å²) in [6.07, 6.45) is 0. The lowest BCUT2D eigenvalue weighted by atomic mass is 9.92. The van der Waals surface area contributed by atoms with Gasteiger partial charge in [-0.15, -0.1) is 22.7 Å². The van der Waals surface area contributed by atoms with Crippen molar-refractivity contribution in [2.24, 2.45) is 0 Å². The predicted molar refractivity (Wildman–Crippen MR) is 240 cm³/mol. The summed E-state index contributed by atoms with van der Waals surface area (Å²) in [6.45, 7) is 0. The molecule has 0 saturated heterocycles. The molecule has 4 heteroatoms. The first kappa shape index (κ1) is 32.7. The van der Waals surface area contributed by atoms with E-state index in [0.29, 0.717) is 5.82 Å². The normalized spacial score (nSPS) is 11.6. The molecule has 0 unspecified atom stereocenters. The van der Waals surface area contributed by atoms with Gasteiger partial charge >= 0.3 is 0 Å². The van der Waals surface area contributed by atoms with E-state index in [1.807, 2.05) is 22.7 Å². The van der Waals surface area contributed by atoms with Crippen molar-refractivity contribution in [3.05, 3.63) is 194 Å². The minimum Gasteiger partial charge on any atom is -0.228 e. The summed E-state index contributed by atoms with van der Waals surface area (Å²) in [5.41, 5.74) is 11.9. The number of aromatic nitrogens is 2. The van der Waals surface area contributed by atoms with Crippen LogP contribution in [0.15, 0.2) is 194 Å². The fourth-order valence-electron chi connectivity index (χ4n) is 8.07. The van der Waals surface area contributed by atoms with Gasteiger partial charge in [0.2, 0.25) is 0 Å². The third kappa shape index (κ3) is 5.70. The van der Waals surface area contributed by atoms with Crippen LogP contribution in [-0.4, -0.2) is 9.97 Å². The minimum atomic E-state index is 0.697. The Balaban J connectivity index is 1.12. The van der Waals surface area contributed by atoms with Crippen LogP contribution in [0, 0.1) is 0 Å². The molecule has 3 heterocycles. The quantitative estimate of drug-likeness (QED) is 0.169. The van der Waals surface area contributed by atoms with E-state index in [1.54, 1.807) is 0 Å². The minimum absolute atomic E-state index is 0.697. The molecule has 0 N–H and O–H groups in total. The van der Waals surface area contributed by atoms with Gasteiger partial charge in [-0.2, -0.15) is 0 Å². The van der Waals surface area contributed by atoms with Gasteiger partial charge in [-0.1, -0.05) is 140 Å². The van der Waals surface area contributed by atoms with Gasteiger partial charge in [0.25, 0.3) is 0 Å². The van der Waals surface area contributed by atoms with E-state index in [1.165, 1.54) is 57.0 Å². The standard InChI is InChI=1S/C52H32N2S2/c1-3-14-33(15-4-1)37-29-38(41-23-13-27-49-51(41)43-21-8-10-25-47(43)56-49)31-39(30-37)45-32-44(34-16-5-2-6-17-34)53-52(54-45)36-19-11-18-35(28-36)40-22-12-26-48-50(40)42-20-7-9-24-46(42)55-48/h1-32H. The Labute approximate surface area is 332 Å². The lowest BCUT2D eigenvalue weighted by Crippen LogP contribution is -1.97. The zero-order valence-electron chi connectivity index (χ0n) is 30.2. The van der Waals surface area contributed by atoms with Crippen LogP contribution in [0.25, 0.3) is 108 Å². The molecule has 0 atom stereocenters. The maximum atomic E-state index is 5.40. The topological polar surface area (TPSA) is 25.8 Å². The highest BCUT2D eigenvalue weighted by atomic mass is 32.1. The van der Waals surface area contributed by atoms with Gasteiger partial charge in [-0.25, -0.2) is 9.97 Å². The van der Waals surface area contributed by atoms with Crippen LogP contribution < -0.4 is 0 Å². The fraction of sp³-hybridized carbons (Fsp3) is 0. The van der Waals surface area contributed by atoms with E-state index in [0.717, 1.165) is 44.8 Å². The molecule has 11 rings (SSSR count). The summed E-state index contributed by atoms with van der Waals surface area (Å²) >= 11 is 3.70. The zero-order valence-corrected chi connectivity index (χ0v) is 31.8. The number of rotatable bonds is 6. The average molecular weight is 749 g/mol. The summed E-state index contributed by atoms with van der Waals surface area (Å²) in [7, 11) is 0. The summed E-state index contributed by atoms with van der Waals surface area (Å²) < 4.78 is 5.18. The maximum Gasteiger partial charge on any atom is 0.160 e. The molecule has 11 aromatic rings. The Bertz CT molecular complexity index is 3250. The molecule has 0 aliphatic rings. The summed E-state index contributed by atoms with van der Waals surface area (Å²) in [5, 5.41) is 5.17. The first-order valence-corrected chi connectivity index (χ1v) is 20.4. The molecule has 0 aliphatic carbocycles. The van der Waals surface area contributed by atoms with Crippen molar-refractivity contribution in [2.45, 2.75) is 0 Å². The SMILES string of the molecule is c1ccc(-c2cc(-c3cc(-c4ccccc4)nc(-c4cccc(-c5cccc6sc7ccccc7c56)c4)n3)cc(-c3cccc4sc5ccccc5c34)c2)cc1. The molecule has 0 amide bonds. The Morgan fingerprint density at radius 2 is 0.732 bits per heavy atom. The van der Waals surface area contributed by atoms with E-state index in [9.17, 15) is 0 Å². The number of hydrogen-bond acceptors (Lipinski definition) is 4. The first-order chi connectivity index (χ1) is 27.7. The van der Waals surface area contributed by atoms with Crippen LogP contribution in [0.3, 0.4) is 0 Å². The highest BCUT2D eigenvalue weighted by Crippen LogP contribution is 2.43. The van der Waals surface area contributed by atoms with Crippen LogP contribution in [-0.2, 0) is 0 Å². The van der Waals surface area contributed by atoms with E-state index in [2.05, 4.69) is 194 Å². The number of benzene rings is 8. The fourth-order valence-corrected chi connectivity index (χ4v) is 10.3. The second kappa shape index (κ2) is 13.5. The van der Waals surface area contributed by atoms with E-state index >= 15 is 0 Å². The Morgan fingerprint density at radius 1 is 0.286 bits per heavy atom. The molecule has 3 aromatic heterocycles. The van der Waals surface area contributed by atoms with Crippen molar-refractivity contribution in [3.63, 3.8) is 0 Å². The van der Waals surface area contributed by atoms with Crippen molar-refractivity contribution < 1.29 is 0 Å². The molecular formula is C52H32N2S2. The summed E-state index contributed by atoms with van der Waals surface area (Å²) in [6, 6.07) is 69.7. The van der Waals surface area contributed by atoms with Crippen molar-refractivity contribution in [1.82, 2.24) is 9.97 Å². The number of nitrogens with zero attached hydrogens (tertiary/aromatic N) is 2. The molecule has 0 radical (unpaired) electrons. The predicted octanol–water partition coefficient (Wildman–Crippen LogP) is 15.2.